The predicted molar refractivity (Wildman–Crippen MR) is 106 cm³/mol. The second-order valence-electron chi connectivity index (χ2n) is 6.44. The molecule has 0 saturated carbocycles. The molecule has 0 spiro atoms. The summed E-state index contributed by atoms with van der Waals surface area (Å²) in [5.74, 6) is -0.488. The SMILES string of the molecule is C[C@H](OC(=O)CSc1ncnc2sccc12)C(=O)c1ccc2c(c1)CCC2. The van der Waals surface area contributed by atoms with Crippen molar-refractivity contribution >= 4 is 45.1 Å². The number of benzene rings is 1. The van der Waals surface area contributed by atoms with Gasteiger partial charge in [0.25, 0.3) is 0 Å². The summed E-state index contributed by atoms with van der Waals surface area (Å²) in [5, 5.41) is 3.62. The molecule has 1 aromatic carbocycles. The highest BCUT2D eigenvalue weighted by atomic mass is 32.2. The molecule has 7 heteroatoms. The third-order valence-corrected chi connectivity index (χ3v) is 6.41. The number of Topliss-reactive ketones (excluding diaryl/α,β-unsaturated/α-hetero) is 1. The molecule has 0 amide bonds. The summed E-state index contributed by atoms with van der Waals surface area (Å²) >= 11 is 2.83. The smallest absolute Gasteiger partial charge is 0.317 e. The van der Waals surface area contributed by atoms with Crippen LogP contribution in [0.25, 0.3) is 10.2 Å². The molecule has 2 heterocycles. The number of nitrogens with zero attached hydrogens (tertiary/aromatic N) is 2. The van der Waals surface area contributed by atoms with E-state index in [1.807, 2.05) is 29.6 Å². The highest BCUT2D eigenvalue weighted by Gasteiger charge is 2.22. The second kappa shape index (κ2) is 7.78. The number of hydrogen-bond acceptors (Lipinski definition) is 7. The Morgan fingerprint density at radius 3 is 2.96 bits per heavy atom. The first-order valence-corrected chi connectivity index (χ1v) is 10.6. The molecule has 1 atom stereocenters. The van der Waals surface area contributed by atoms with Crippen LogP contribution < -0.4 is 0 Å². The number of esters is 1. The lowest BCUT2D eigenvalue weighted by Crippen LogP contribution is -2.25. The number of ketones is 1. The number of carbonyl (C=O) groups excluding carboxylic acids is 2. The minimum Gasteiger partial charge on any atom is -0.454 e. The highest BCUT2D eigenvalue weighted by molar-refractivity contribution is 8.00. The maximum absolute atomic E-state index is 12.6. The van der Waals surface area contributed by atoms with Crippen molar-refractivity contribution in [1.29, 1.82) is 0 Å². The lowest BCUT2D eigenvalue weighted by atomic mass is 10.0. The van der Waals surface area contributed by atoms with E-state index in [0.717, 1.165) is 34.5 Å². The number of thiophene rings is 1. The first-order valence-electron chi connectivity index (χ1n) is 8.78. The Morgan fingerprint density at radius 1 is 1.22 bits per heavy atom. The molecule has 138 valence electrons. The predicted octanol–water partition coefficient (Wildman–Crippen LogP) is 4.09. The van der Waals surface area contributed by atoms with Crippen LogP contribution in [-0.4, -0.2) is 33.6 Å². The standard InChI is InChI=1S/C20H18N2O3S2/c1-12(18(24)15-6-5-13-3-2-4-14(13)9-15)25-17(23)10-27-20-16-7-8-26-19(16)21-11-22-20/h5-9,11-12H,2-4,10H2,1H3/t12-/m0/s1. The zero-order valence-corrected chi connectivity index (χ0v) is 16.4. The minimum absolute atomic E-state index is 0.101. The molecule has 1 aliphatic carbocycles. The molecule has 0 unspecified atom stereocenters. The summed E-state index contributed by atoms with van der Waals surface area (Å²) in [5.41, 5.74) is 3.16. The van der Waals surface area contributed by atoms with Crippen molar-refractivity contribution in [2.45, 2.75) is 37.3 Å². The fourth-order valence-electron chi connectivity index (χ4n) is 3.25. The van der Waals surface area contributed by atoms with E-state index in [0.29, 0.717) is 5.56 Å². The van der Waals surface area contributed by atoms with Gasteiger partial charge in [0, 0.05) is 10.9 Å². The third kappa shape index (κ3) is 3.89. The minimum atomic E-state index is -0.802. The Balaban J connectivity index is 1.36. The summed E-state index contributed by atoms with van der Waals surface area (Å²) in [4.78, 5) is 34.1. The first-order chi connectivity index (χ1) is 13.1. The van der Waals surface area contributed by atoms with Crippen LogP contribution in [0.4, 0.5) is 0 Å². The molecule has 4 rings (SSSR count). The van der Waals surface area contributed by atoms with Gasteiger partial charge in [-0.2, -0.15) is 0 Å². The lowest BCUT2D eigenvalue weighted by Gasteiger charge is -2.13. The van der Waals surface area contributed by atoms with Crippen molar-refractivity contribution in [3.63, 3.8) is 0 Å². The van der Waals surface area contributed by atoms with E-state index in [9.17, 15) is 9.59 Å². The van der Waals surface area contributed by atoms with Crippen LogP contribution in [0.2, 0.25) is 0 Å². The molecule has 0 N–H and O–H groups in total. The first kappa shape index (κ1) is 18.1. The number of aryl methyl sites for hydroxylation is 2. The fourth-order valence-corrected chi connectivity index (χ4v) is 4.82. The Hall–Kier alpha value is -2.25. The van der Waals surface area contributed by atoms with Gasteiger partial charge in [0.1, 0.15) is 16.2 Å². The summed E-state index contributed by atoms with van der Waals surface area (Å²) in [6.07, 6.45) is 3.91. The van der Waals surface area contributed by atoms with Crippen LogP contribution >= 0.6 is 23.1 Å². The quantitative estimate of drug-likeness (QED) is 0.270. The van der Waals surface area contributed by atoms with E-state index in [1.54, 1.807) is 6.92 Å². The maximum Gasteiger partial charge on any atom is 0.317 e. The zero-order valence-electron chi connectivity index (χ0n) is 14.8. The Bertz CT molecular complexity index is 1020. The molecule has 27 heavy (non-hydrogen) atoms. The van der Waals surface area contributed by atoms with E-state index in [-0.39, 0.29) is 11.5 Å². The van der Waals surface area contributed by atoms with Gasteiger partial charge < -0.3 is 4.74 Å². The van der Waals surface area contributed by atoms with E-state index >= 15 is 0 Å². The number of fused-ring (bicyclic) bond motifs is 2. The number of carbonyl (C=O) groups is 2. The number of rotatable bonds is 6. The van der Waals surface area contributed by atoms with Crippen LogP contribution in [0, 0.1) is 0 Å². The van der Waals surface area contributed by atoms with Gasteiger partial charge in [-0.1, -0.05) is 23.9 Å². The van der Waals surface area contributed by atoms with Crippen molar-refractivity contribution < 1.29 is 14.3 Å². The lowest BCUT2D eigenvalue weighted by molar-refractivity contribution is -0.143. The average molecular weight is 399 g/mol. The highest BCUT2D eigenvalue weighted by Crippen LogP contribution is 2.28. The van der Waals surface area contributed by atoms with E-state index in [1.165, 1.54) is 40.6 Å². The fraction of sp³-hybridized carbons (Fsp3) is 0.300. The van der Waals surface area contributed by atoms with Crippen LogP contribution in [0.3, 0.4) is 0 Å². The molecule has 0 bridgehead atoms. The van der Waals surface area contributed by atoms with Crippen LogP contribution in [0.1, 0.15) is 34.8 Å². The monoisotopic (exact) mass is 398 g/mol. The molecule has 0 saturated heterocycles. The van der Waals surface area contributed by atoms with Gasteiger partial charge in [0.15, 0.2) is 6.10 Å². The van der Waals surface area contributed by atoms with Gasteiger partial charge in [-0.3, -0.25) is 9.59 Å². The molecule has 1 aliphatic rings. The number of aromatic nitrogens is 2. The summed E-state index contributed by atoms with van der Waals surface area (Å²) in [7, 11) is 0. The van der Waals surface area contributed by atoms with Crippen molar-refractivity contribution in [3.05, 3.63) is 52.7 Å². The van der Waals surface area contributed by atoms with Crippen molar-refractivity contribution in [2.24, 2.45) is 0 Å². The Labute approximate surface area is 165 Å². The summed E-state index contributed by atoms with van der Waals surface area (Å²) in [6, 6.07) is 7.73. The van der Waals surface area contributed by atoms with Crippen LogP contribution in [-0.2, 0) is 22.4 Å². The largest absolute Gasteiger partial charge is 0.454 e. The van der Waals surface area contributed by atoms with Gasteiger partial charge in [-0.15, -0.1) is 11.3 Å². The molecule has 0 fully saturated rings. The summed E-state index contributed by atoms with van der Waals surface area (Å²) in [6.45, 7) is 1.62. The van der Waals surface area contributed by atoms with E-state index < -0.39 is 12.1 Å². The van der Waals surface area contributed by atoms with E-state index in [4.69, 9.17) is 4.74 Å². The number of thioether (sulfide) groups is 1. The molecule has 3 aromatic rings. The van der Waals surface area contributed by atoms with Crippen LogP contribution in [0.15, 0.2) is 41.0 Å². The van der Waals surface area contributed by atoms with E-state index in [2.05, 4.69) is 9.97 Å². The zero-order chi connectivity index (χ0) is 18.8. The Kier molecular flexibility index (Phi) is 5.22. The topological polar surface area (TPSA) is 69.2 Å². The molecule has 0 aliphatic heterocycles. The van der Waals surface area contributed by atoms with Gasteiger partial charge in [0.2, 0.25) is 5.78 Å². The van der Waals surface area contributed by atoms with Gasteiger partial charge >= 0.3 is 5.97 Å². The molecular weight excluding hydrogens is 380 g/mol. The second-order valence-corrected chi connectivity index (χ2v) is 8.30. The van der Waals surface area contributed by atoms with Gasteiger partial charge in [-0.25, -0.2) is 9.97 Å². The number of hydrogen-bond donors (Lipinski definition) is 0. The average Bonchev–Trinajstić information content (AvgIpc) is 3.34. The Morgan fingerprint density at radius 2 is 2.07 bits per heavy atom. The number of ether oxygens (including phenoxy) is 1. The van der Waals surface area contributed by atoms with Gasteiger partial charge in [-0.05, 0) is 54.8 Å². The molecule has 5 nitrogen and oxygen atoms in total. The van der Waals surface area contributed by atoms with Crippen molar-refractivity contribution in [2.75, 3.05) is 5.75 Å². The van der Waals surface area contributed by atoms with Crippen molar-refractivity contribution in [3.8, 4) is 0 Å². The summed E-state index contributed by atoms with van der Waals surface area (Å²) < 4.78 is 5.35. The normalized spacial score (nSPS) is 14.1. The molecule has 0 radical (unpaired) electrons. The van der Waals surface area contributed by atoms with Crippen LogP contribution in [0.5, 0.6) is 0 Å². The molecular formula is C20H18N2O3S2. The maximum atomic E-state index is 12.6. The van der Waals surface area contributed by atoms with Crippen molar-refractivity contribution in [1.82, 2.24) is 9.97 Å². The van der Waals surface area contributed by atoms with Gasteiger partial charge in [0.05, 0.1) is 5.75 Å². The molecule has 2 aromatic heterocycles. The third-order valence-electron chi connectivity index (χ3n) is 4.61.